The van der Waals surface area contributed by atoms with E-state index in [1.54, 1.807) is 0 Å². The molecule has 5 heteroatoms. The third-order valence-corrected chi connectivity index (χ3v) is 3.59. The Morgan fingerprint density at radius 3 is 2.79 bits per heavy atom. The van der Waals surface area contributed by atoms with Crippen LogP contribution in [0.15, 0.2) is 0 Å². The van der Waals surface area contributed by atoms with Crippen molar-refractivity contribution in [1.82, 2.24) is 5.32 Å². The van der Waals surface area contributed by atoms with Crippen molar-refractivity contribution in [3.05, 3.63) is 0 Å². The lowest BCUT2D eigenvalue weighted by Crippen LogP contribution is -2.35. The average Bonchev–Trinajstić information content (AvgIpc) is 2.14. The van der Waals surface area contributed by atoms with Gasteiger partial charge in [-0.05, 0) is 25.8 Å². The van der Waals surface area contributed by atoms with Crippen LogP contribution in [0.25, 0.3) is 0 Å². The van der Waals surface area contributed by atoms with Gasteiger partial charge in [-0.15, -0.1) is 0 Å². The first-order chi connectivity index (χ1) is 6.49. The summed E-state index contributed by atoms with van der Waals surface area (Å²) in [4.78, 5) is 0. The predicted octanol–water partition coefficient (Wildman–Crippen LogP) is 0.759. The zero-order chi connectivity index (χ0) is 10.6. The van der Waals surface area contributed by atoms with Crippen molar-refractivity contribution in [2.24, 2.45) is 5.92 Å². The van der Waals surface area contributed by atoms with Gasteiger partial charge in [0.05, 0.1) is 5.75 Å². The summed E-state index contributed by atoms with van der Waals surface area (Å²) in [5, 5.41) is 3.12. The molecule has 0 aromatic heterocycles. The van der Waals surface area contributed by atoms with Crippen LogP contribution in [0.4, 0.5) is 4.39 Å². The first kappa shape index (κ1) is 11.9. The molecule has 1 aliphatic rings. The average molecular weight is 223 g/mol. The van der Waals surface area contributed by atoms with Crippen molar-refractivity contribution in [3.63, 3.8) is 0 Å². The van der Waals surface area contributed by atoms with Gasteiger partial charge in [-0.2, -0.15) is 0 Å². The molecule has 0 amide bonds. The maximum absolute atomic E-state index is 13.5. The predicted molar refractivity (Wildman–Crippen MR) is 54.8 cm³/mol. The molecule has 1 heterocycles. The lowest BCUT2D eigenvalue weighted by molar-refractivity contribution is 0.187. The normalized spacial score (nSPS) is 26.0. The Morgan fingerprint density at radius 2 is 2.29 bits per heavy atom. The number of rotatable bonds is 4. The molecule has 0 radical (unpaired) electrons. The molecule has 2 atom stereocenters. The third kappa shape index (κ3) is 4.37. The van der Waals surface area contributed by atoms with Crippen molar-refractivity contribution in [1.29, 1.82) is 0 Å². The van der Waals surface area contributed by atoms with Crippen LogP contribution in [0.1, 0.15) is 19.3 Å². The number of nitrogens with one attached hydrogen (secondary N) is 1. The molecule has 0 spiro atoms. The zero-order valence-electron chi connectivity index (χ0n) is 8.50. The fraction of sp³-hybridized carbons (Fsp3) is 1.00. The van der Waals surface area contributed by atoms with Crippen LogP contribution < -0.4 is 5.32 Å². The Bertz CT molecular complexity index is 260. The van der Waals surface area contributed by atoms with Crippen molar-refractivity contribution in [2.45, 2.75) is 25.4 Å². The monoisotopic (exact) mass is 223 g/mol. The van der Waals surface area contributed by atoms with Gasteiger partial charge in [-0.25, -0.2) is 12.8 Å². The Kier molecular flexibility index (Phi) is 4.31. The zero-order valence-corrected chi connectivity index (χ0v) is 9.32. The van der Waals surface area contributed by atoms with Crippen molar-refractivity contribution in [2.75, 3.05) is 25.1 Å². The van der Waals surface area contributed by atoms with Crippen molar-refractivity contribution < 1.29 is 12.8 Å². The minimum absolute atomic E-state index is 0.00509. The van der Waals surface area contributed by atoms with Crippen LogP contribution in [0.5, 0.6) is 0 Å². The number of sulfone groups is 1. The number of alkyl halides is 1. The van der Waals surface area contributed by atoms with E-state index in [1.807, 2.05) is 0 Å². The molecule has 1 N–H and O–H groups in total. The molecule has 3 nitrogen and oxygen atoms in total. The first-order valence-corrected chi connectivity index (χ1v) is 7.07. The van der Waals surface area contributed by atoms with Gasteiger partial charge < -0.3 is 5.32 Å². The van der Waals surface area contributed by atoms with E-state index in [4.69, 9.17) is 0 Å². The molecule has 14 heavy (non-hydrogen) atoms. The van der Waals surface area contributed by atoms with Gasteiger partial charge in [-0.1, -0.05) is 0 Å². The minimum atomic E-state index is -3.02. The fourth-order valence-electron chi connectivity index (χ4n) is 1.75. The van der Waals surface area contributed by atoms with Gasteiger partial charge >= 0.3 is 0 Å². The van der Waals surface area contributed by atoms with Gasteiger partial charge in [0.2, 0.25) is 0 Å². The second-order valence-electron chi connectivity index (χ2n) is 4.04. The van der Waals surface area contributed by atoms with E-state index in [2.05, 4.69) is 5.32 Å². The Balaban J connectivity index is 2.30. The number of hydrogen-bond acceptors (Lipinski definition) is 3. The molecule has 0 bridgehead atoms. The molecule has 0 aliphatic carbocycles. The SMILES string of the molecule is CS(=O)(=O)CCC(F)C1CCCNC1. The highest BCUT2D eigenvalue weighted by Gasteiger charge is 2.23. The van der Waals surface area contributed by atoms with E-state index >= 15 is 0 Å². The highest BCUT2D eigenvalue weighted by Crippen LogP contribution is 2.19. The molecule has 0 aromatic rings. The van der Waals surface area contributed by atoms with Crippen LogP contribution >= 0.6 is 0 Å². The van der Waals surface area contributed by atoms with E-state index in [9.17, 15) is 12.8 Å². The molecular weight excluding hydrogens is 205 g/mol. The molecule has 0 aromatic carbocycles. The molecule has 1 saturated heterocycles. The van der Waals surface area contributed by atoms with E-state index in [1.165, 1.54) is 0 Å². The summed E-state index contributed by atoms with van der Waals surface area (Å²) in [6.45, 7) is 1.64. The van der Waals surface area contributed by atoms with Crippen LogP contribution in [0.2, 0.25) is 0 Å². The van der Waals surface area contributed by atoms with Gasteiger partial charge in [0.1, 0.15) is 16.0 Å². The number of hydrogen-bond donors (Lipinski definition) is 1. The summed E-state index contributed by atoms with van der Waals surface area (Å²) in [6.07, 6.45) is 2.18. The van der Waals surface area contributed by atoms with Gasteiger partial charge in [0, 0.05) is 18.7 Å². The molecule has 0 saturated carbocycles. The summed E-state index contributed by atoms with van der Waals surface area (Å²) in [6, 6.07) is 0. The second-order valence-corrected chi connectivity index (χ2v) is 6.30. The molecule has 1 aliphatic heterocycles. The quantitative estimate of drug-likeness (QED) is 0.765. The lowest BCUT2D eigenvalue weighted by atomic mass is 9.93. The van der Waals surface area contributed by atoms with Crippen LogP contribution in [0, 0.1) is 5.92 Å². The summed E-state index contributed by atoms with van der Waals surface area (Å²) in [5.74, 6) is -0.0319. The Morgan fingerprint density at radius 1 is 1.57 bits per heavy atom. The van der Waals surface area contributed by atoms with Crippen molar-refractivity contribution >= 4 is 9.84 Å². The standard InChI is InChI=1S/C9H18FNO2S/c1-14(12,13)6-4-9(10)8-3-2-5-11-7-8/h8-9,11H,2-7H2,1H3. The summed E-state index contributed by atoms with van der Waals surface area (Å²) >= 11 is 0. The Labute approximate surface area is 85.0 Å². The smallest absolute Gasteiger partial charge is 0.147 e. The largest absolute Gasteiger partial charge is 0.316 e. The summed E-state index contributed by atoms with van der Waals surface area (Å²) in [7, 11) is -3.02. The van der Waals surface area contributed by atoms with Crippen LogP contribution in [-0.4, -0.2) is 39.7 Å². The van der Waals surface area contributed by atoms with E-state index in [0.29, 0.717) is 6.54 Å². The second kappa shape index (κ2) is 5.07. The van der Waals surface area contributed by atoms with E-state index in [-0.39, 0.29) is 18.1 Å². The van der Waals surface area contributed by atoms with E-state index in [0.717, 1.165) is 25.6 Å². The summed E-state index contributed by atoms with van der Waals surface area (Å²) < 4.78 is 35.2. The van der Waals surface area contributed by atoms with Gasteiger partial charge in [0.15, 0.2) is 0 Å². The van der Waals surface area contributed by atoms with Crippen LogP contribution in [0.3, 0.4) is 0 Å². The van der Waals surface area contributed by atoms with Crippen LogP contribution in [-0.2, 0) is 9.84 Å². The Hall–Kier alpha value is -0.160. The van der Waals surface area contributed by atoms with E-state index < -0.39 is 16.0 Å². The molecule has 1 fully saturated rings. The highest BCUT2D eigenvalue weighted by atomic mass is 32.2. The topological polar surface area (TPSA) is 46.2 Å². The third-order valence-electron chi connectivity index (χ3n) is 2.61. The van der Waals surface area contributed by atoms with Gasteiger partial charge in [-0.3, -0.25) is 0 Å². The fourth-order valence-corrected chi connectivity index (χ4v) is 2.40. The number of piperidine rings is 1. The van der Waals surface area contributed by atoms with Gasteiger partial charge in [0.25, 0.3) is 0 Å². The maximum Gasteiger partial charge on any atom is 0.147 e. The minimum Gasteiger partial charge on any atom is -0.316 e. The highest BCUT2D eigenvalue weighted by molar-refractivity contribution is 7.90. The number of halogens is 1. The van der Waals surface area contributed by atoms with Crippen molar-refractivity contribution in [3.8, 4) is 0 Å². The molecule has 84 valence electrons. The summed E-state index contributed by atoms with van der Waals surface area (Å²) in [5.41, 5.74) is 0. The molecule has 2 unspecified atom stereocenters. The molecule has 1 rings (SSSR count). The lowest BCUT2D eigenvalue weighted by Gasteiger charge is -2.25. The molecular formula is C9H18FNO2S. The first-order valence-electron chi connectivity index (χ1n) is 5.01. The maximum atomic E-state index is 13.5.